The largest absolute Gasteiger partial charge is 0.444 e. The molecular weight excluding hydrogens is 298 g/mol. The van der Waals surface area contributed by atoms with Crippen molar-refractivity contribution in [2.24, 2.45) is 0 Å². The van der Waals surface area contributed by atoms with Crippen molar-refractivity contribution in [1.82, 2.24) is 4.90 Å². The molecule has 1 aromatic carbocycles. The van der Waals surface area contributed by atoms with Gasteiger partial charge in [-0.05, 0) is 68.7 Å². The first kappa shape index (κ1) is 15.5. The summed E-state index contributed by atoms with van der Waals surface area (Å²) in [5.74, 6) is 0. The summed E-state index contributed by atoms with van der Waals surface area (Å²) in [5, 5.41) is 0. The minimum Gasteiger partial charge on any atom is -0.444 e. The van der Waals surface area contributed by atoms with Crippen molar-refractivity contribution in [3.8, 4) is 0 Å². The molecule has 3 heteroatoms. The first-order valence-corrected chi connectivity index (χ1v) is 8.93. The summed E-state index contributed by atoms with van der Waals surface area (Å²) >= 11 is 0. The minimum atomic E-state index is -0.438. The Hall–Kier alpha value is -2.03. The fourth-order valence-electron chi connectivity index (χ4n) is 4.22. The molecule has 0 saturated carbocycles. The minimum absolute atomic E-state index is 0.162. The zero-order valence-electron chi connectivity index (χ0n) is 14.7. The van der Waals surface area contributed by atoms with Gasteiger partial charge >= 0.3 is 6.09 Å². The molecule has 0 aromatic heterocycles. The Balaban J connectivity index is 1.61. The van der Waals surface area contributed by atoms with Crippen LogP contribution in [0.3, 0.4) is 0 Å². The molecule has 3 nitrogen and oxygen atoms in total. The van der Waals surface area contributed by atoms with Crippen LogP contribution in [0.25, 0.3) is 11.6 Å². The van der Waals surface area contributed by atoms with Crippen LogP contribution in [0.1, 0.15) is 56.7 Å². The highest BCUT2D eigenvalue weighted by Gasteiger charge is 2.41. The normalized spacial score (nSPS) is 24.8. The highest BCUT2D eigenvalue weighted by atomic mass is 16.6. The first-order valence-electron chi connectivity index (χ1n) is 8.93. The molecule has 0 N–H and O–H groups in total. The predicted octanol–water partition coefficient (Wildman–Crippen LogP) is 4.81. The van der Waals surface area contributed by atoms with Gasteiger partial charge in [0.2, 0.25) is 0 Å². The lowest BCUT2D eigenvalue weighted by molar-refractivity contribution is 0.0175. The van der Waals surface area contributed by atoms with Crippen molar-refractivity contribution in [3.05, 3.63) is 47.0 Å². The fraction of sp³-hybridized carbons (Fsp3) is 0.476. The van der Waals surface area contributed by atoms with Crippen LogP contribution in [-0.4, -0.2) is 28.7 Å². The lowest BCUT2D eigenvalue weighted by atomic mass is 9.90. The summed E-state index contributed by atoms with van der Waals surface area (Å²) in [4.78, 5) is 14.5. The van der Waals surface area contributed by atoms with Crippen LogP contribution in [-0.2, 0) is 11.2 Å². The number of benzene rings is 1. The SMILES string of the molecule is CC(C)(C)OC(=O)N1C2C=C(c3cccc4c3CC=C4)CC1CC2. The van der Waals surface area contributed by atoms with Crippen LogP contribution in [0.5, 0.6) is 0 Å². The van der Waals surface area contributed by atoms with Crippen molar-refractivity contribution >= 4 is 17.7 Å². The zero-order chi connectivity index (χ0) is 16.9. The molecule has 2 aliphatic heterocycles. The van der Waals surface area contributed by atoms with E-state index in [0.717, 1.165) is 25.7 Å². The van der Waals surface area contributed by atoms with E-state index >= 15 is 0 Å². The second kappa shape index (κ2) is 5.51. The average molecular weight is 323 g/mol. The van der Waals surface area contributed by atoms with E-state index in [4.69, 9.17) is 4.74 Å². The molecule has 1 aromatic rings. The predicted molar refractivity (Wildman–Crippen MR) is 96.7 cm³/mol. The summed E-state index contributed by atoms with van der Waals surface area (Å²) < 4.78 is 5.62. The van der Waals surface area contributed by atoms with Crippen LogP contribution in [0.4, 0.5) is 4.79 Å². The monoisotopic (exact) mass is 323 g/mol. The Morgan fingerprint density at radius 1 is 1.25 bits per heavy atom. The zero-order valence-corrected chi connectivity index (χ0v) is 14.7. The number of allylic oxidation sites excluding steroid dienone is 1. The Morgan fingerprint density at radius 3 is 2.83 bits per heavy atom. The van der Waals surface area contributed by atoms with Crippen LogP contribution in [0.2, 0.25) is 0 Å². The van der Waals surface area contributed by atoms with E-state index in [1.165, 1.54) is 22.3 Å². The van der Waals surface area contributed by atoms with Crippen molar-refractivity contribution in [3.63, 3.8) is 0 Å². The van der Waals surface area contributed by atoms with Gasteiger partial charge in [-0.3, -0.25) is 4.90 Å². The van der Waals surface area contributed by atoms with Crippen LogP contribution in [0.15, 0.2) is 30.4 Å². The topological polar surface area (TPSA) is 29.5 Å². The third-order valence-electron chi connectivity index (χ3n) is 5.18. The third kappa shape index (κ3) is 2.66. The highest BCUT2D eigenvalue weighted by molar-refractivity contribution is 5.79. The Morgan fingerprint density at radius 2 is 2.08 bits per heavy atom. The van der Waals surface area contributed by atoms with Gasteiger partial charge in [0.05, 0.1) is 6.04 Å². The lowest BCUT2D eigenvalue weighted by Crippen LogP contribution is -2.45. The Bertz CT molecular complexity index is 739. The molecule has 2 unspecified atom stereocenters. The molecule has 4 rings (SSSR count). The number of carbonyl (C=O) groups excluding carboxylic acids is 1. The maximum atomic E-state index is 12.6. The van der Waals surface area contributed by atoms with Gasteiger partial charge < -0.3 is 4.74 Å². The average Bonchev–Trinajstić information content (AvgIpc) is 3.07. The number of nitrogens with zero attached hydrogens (tertiary/aromatic N) is 1. The number of fused-ring (bicyclic) bond motifs is 3. The van der Waals surface area contributed by atoms with E-state index in [1.807, 2.05) is 25.7 Å². The Kier molecular flexibility index (Phi) is 3.56. The standard InChI is InChI=1S/C21H25NO2/c1-21(2,3)24-20(23)22-16-10-11-17(22)13-15(12-16)19-9-5-7-14-6-4-8-18(14)19/h4-7,9,12,16-17H,8,10-11,13H2,1-3H3. The van der Waals surface area contributed by atoms with Gasteiger partial charge in [0.1, 0.15) is 5.60 Å². The van der Waals surface area contributed by atoms with Crippen LogP contribution < -0.4 is 0 Å². The molecular formula is C21H25NO2. The van der Waals surface area contributed by atoms with E-state index in [0.29, 0.717) is 0 Å². The van der Waals surface area contributed by atoms with Crippen LogP contribution in [0, 0.1) is 0 Å². The number of carbonyl (C=O) groups is 1. The van der Waals surface area contributed by atoms with Crippen molar-refractivity contribution < 1.29 is 9.53 Å². The highest BCUT2D eigenvalue weighted by Crippen LogP contribution is 2.41. The maximum Gasteiger partial charge on any atom is 0.411 e. The number of ether oxygens (including phenoxy) is 1. The van der Waals surface area contributed by atoms with Crippen LogP contribution >= 0.6 is 0 Å². The maximum absolute atomic E-state index is 12.6. The van der Waals surface area contributed by atoms with Gasteiger partial charge in [0, 0.05) is 6.04 Å². The van der Waals surface area contributed by atoms with E-state index in [-0.39, 0.29) is 18.2 Å². The summed E-state index contributed by atoms with van der Waals surface area (Å²) in [5.41, 5.74) is 5.12. The van der Waals surface area contributed by atoms with Crippen molar-refractivity contribution in [2.45, 2.75) is 64.1 Å². The van der Waals surface area contributed by atoms with Gasteiger partial charge in [-0.15, -0.1) is 0 Å². The third-order valence-corrected chi connectivity index (χ3v) is 5.18. The number of rotatable bonds is 1. The molecule has 1 aliphatic carbocycles. The molecule has 2 atom stereocenters. The summed E-state index contributed by atoms with van der Waals surface area (Å²) in [7, 11) is 0. The van der Waals surface area contributed by atoms with Crippen molar-refractivity contribution in [1.29, 1.82) is 0 Å². The quantitative estimate of drug-likeness (QED) is 0.742. The van der Waals surface area contributed by atoms with Gasteiger partial charge in [-0.2, -0.15) is 0 Å². The summed E-state index contributed by atoms with van der Waals surface area (Å²) in [6.45, 7) is 5.79. The van der Waals surface area contributed by atoms with Crippen molar-refractivity contribution in [2.75, 3.05) is 0 Å². The number of hydrogen-bond acceptors (Lipinski definition) is 2. The van der Waals surface area contributed by atoms with Gasteiger partial charge in [-0.1, -0.05) is 36.4 Å². The fourth-order valence-corrected chi connectivity index (χ4v) is 4.22. The Labute approximate surface area is 144 Å². The van der Waals surface area contributed by atoms with Gasteiger partial charge in [0.25, 0.3) is 0 Å². The molecule has 24 heavy (non-hydrogen) atoms. The lowest BCUT2D eigenvalue weighted by Gasteiger charge is -2.35. The van der Waals surface area contributed by atoms with E-state index in [9.17, 15) is 4.79 Å². The summed E-state index contributed by atoms with van der Waals surface area (Å²) in [6, 6.07) is 7.02. The smallest absolute Gasteiger partial charge is 0.411 e. The first-order chi connectivity index (χ1) is 11.4. The molecule has 0 radical (unpaired) electrons. The van der Waals surface area contributed by atoms with Gasteiger partial charge in [0.15, 0.2) is 0 Å². The number of hydrogen-bond donors (Lipinski definition) is 0. The molecule has 126 valence electrons. The molecule has 2 heterocycles. The van der Waals surface area contributed by atoms with Gasteiger partial charge in [-0.25, -0.2) is 4.79 Å². The number of amides is 1. The summed E-state index contributed by atoms with van der Waals surface area (Å²) in [6.07, 6.45) is 10.7. The molecule has 1 fully saturated rings. The second-order valence-electron chi connectivity index (χ2n) is 8.06. The molecule has 1 amide bonds. The van der Waals surface area contributed by atoms with E-state index in [1.54, 1.807) is 0 Å². The van der Waals surface area contributed by atoms with E-state index in [2.05, 4.69) is 36.4 Å². The molecule has 1 saturated heterocycles. The molecule has 3 aliphatic rings. The molecule has 0 spiro atoms. The molecule has 2 bridgehead atoms. The second-order valence-corrected chi connectivity index (χ2v) is 8.06. The van der Waals surface area contributed by atoms with E-state index < -0.39 is 5.60 Å².